The maximum absolute atomic E-state index is 13.4. The predicted molar refractivity (Wildman–Crippen MR) is 137 cm³/mol. The van der Waals surface area contributed by atoms with Crippen molar-refractivity contribution in [3.8, 4) is 0 Å². The smallest absolute Gasteiger partial charge is 0.271 e. The van der Waals surface area contributed by atoms with Gasteiger partial charge in [-0.1, -0.05) is 54.6 Å². The van der Waals surface area contributed by atoms with Gasteiger partial charge in [-0.15, -0.1) is 0 Å². The van der Waals surface area contributed by atoms with E-state index in [9.17, 15) is 34.8 Å². The molecule has 1 saturated heterocycles. The Morgan fingerprint density at radius 1 is 0.821 bits per heavy atom. The van der Waals surface area contributed by atoms with Gasteiger partial charge in [0.25, 0.3) is 5.91 Å². The van der Waals surface area contributed by atoms with Crippen molar-refractivity contribution in [3.63, 3.8) is 0 Å². The van der Waals surface area contributed by atoms with Gasteiger partial charge in [0.2, 0.25) is 20.0 Å². The van der Waals surface area contributed by atoms with Gasteiger partial charge in [-0.25, -0.2) is 22.3 Å². The van der Waals surface area contributed by atoms with Crippen molar-refractivity contribution < 1.29 is 34.8 Å². The number of halogens is 3. The third kappa shape index (κ3) is 6.19. The van der Waals surface area contributed by atoms with E-state index in [4.69, 9.17) is 0 Å². The average Bonchev–Trinajstić information content (AvgIpc) is 2.93. The van der Waals surface area contributed by atoms with Crippen molar-refractivity contribution in [2.75, 3.05) is 19.6 Å². The molecule has 1 aliphatic heterocycles. The Bertz CT molecular complexity index is 1570. The van der Waals surface area contributed by atoms with E-state index in [1.165, 1.54) is 60.7 Å². The van der Waals surface area contributed by atoms with Gasteiger partial charge in [-0.3, -0.25) is 4.79 Å². The topological polar surface area (TPSA) is 116 Å². The Morgan fingerprint density at radius 2 is 1.36 bits per heavy atom. The quantitative estimate of drug-likeness (QED) is 0.341. The highest BCUT2D eigenvalue weighted by Gasteiger charge is 2.43. The molecule has 0 radical (unpaired) electrons. The zero-order valence-electron chi connectivity index (χ0n) is 20.2. The van der Waals surface area contributed by atoms with Crippen molar-refractivity contribution in [1.29, 1.82) is 0 Å². The second kappa shape index (κ2) is 11.3. The number of nitrogens with one attached hydrogen (secondary N) is 1. The van der Waals surface area contributed by atoms with E-state index in [1.54, 1.807) is 12.1 Å². The Hall–Kier alpha value is -3.59. The lowest BCUT2D eigenvalue weighted by atomic mass is 10.1. The SMILES string of the molecule is O=C(N/N=C\c1ccccc1C(F)(F)F)[C@H]1CN(S(=O)(=O)c2ccccc2)CCN1S(=O)(=O)c1ccccc1. The minimum absolute atomic E-state index is 0.0368. The fourth-order valence-corrected chi connectivity index (χ4v) is 7.09. The predicted octanol–water partition coefficient (Wildman–Crippen LogP) is 2.92. The Balaban J connectivity index is 1.64. The maximum atomic E-state index is 13.4. The van der Waals surface area contributed by atoms with Gasteiger partial charge in [0.1, 0.15) is 6.04 Å². The van der Waals surface area contributed by atoms with Crippen LogP contribution in [0.1, 0.15) is 11.1 Å². The van der Waals surface area contributed by atoms with Crippen LogP contribution in [-0.4, -0.2) is 63.2 Å². The first-order valence-electron chi connectivity index (χ1n) is 11.5. The van der Waals surface area contributed by atoms with Crippen LogP contribution in [0.3, 0.4) is 0 Å². The maximum Gasteiger partial charge on any atom is 0.417 e. The summed E-state index contributed by atoms with van der Waals surface area (Å²) in [6.45, 7) is -1.11. The minimum atomic E-state index is -4.66. The molecule has 1 atom stereocenters. The molecule has 0 aromatic heterocycles. The zero-order chi connectivity index (χ0) is 28.3. The highest BCUT2D eigenvalue weighted by Crippen LogP contribution is 2.31. The molecule has 1 aliphatic rings. The number of benzene rings is 3. The molecule has 3 aromatic rings. The number of alkyl halides is 3. The number of piperazine rings is 1. The normalized spacial score (nSPS) is 17.8. The first-order valence-corrected chi connectivity index (χ1v) is 14.4. The van der Waals surface area contributed by atoms with Crippen molar-refractivity contribution in [3.05, 3.63) is 96.1 Å². The summed E-state index contributed by atoms with van der Waals surface area (Å²) < 4.78 is 94.9. The largest absolute Gasteiger partial charge is 0.417 e. The van der Waals surface area contributed by atoms with Crippen LogP contribution in [0.5, 0.6) is 0 Å². The van der Waals surface area contributed by atoms with Gasteiger partial charge in [-0.05, 0) is 30.3 Å². The van der Waals surface area contributed by atoms with E-state index in [0.29, 0.717) is 0 Å². The third-order valence-electron chi connectivity index (χ3n) is 5.97. The molecule has 4 rings (SSSR count). The summed E-state index contributed by atoms with van der Waals surface area (Å²) in [5.74, 6) is -1.01. The van der Waals surface area contributed by atoms with Crippen molar-refractivity contribution in [2.45, 2.75) is 22.0 Å². The molecule has 0 unspecified atom stereocenters. The number of amides is 1. The van der Waals surface area contributed by atoms with Crippen LogP contribution in [0.25, 0.3) is 0 Å². The number of hydrogen-bond donors (Lipinski definition) is 1. The van der Waals surface area contributed by atoms with Crippen molar-refractivity contribution in [1.82, 2.24) is 14.0 Å². The fourth-order valence-electron chi connectivity index (χ4n) is 4.04. The molecular weight excluding hydrogens is 557 g/mol. The standard InChI is InChI=1S/C25H23F3N4O5S2/c26-25(27,28)22-14-8-7-9-19(22)17-29-30-24(33)23-18-31(38(34,35)20-10-3-1-4-11-20)15-16-32(23)39(36,37)21-12-5-2-6-13-21/h1-14,17,23H,15-16,18H2,(H,30,33)/b29-17-/t23-/m1/s1. The summed E-state index contributed by atoms with van der Waals surface area (Å²) in [6, 6.07) is 17.7. The highest BCUT2D eigenvalue weighted by molar-refractivity contribution is 7.89. The van der Waals surface area contributed by atoms with Gasteiger partial charge in [0.05, 0.1) is 21.6 Å². The third-order valence-corrected chi connectivity index (χ3v) is 9.77. The molecule has 0 aliphatic carbocycles. The van der Waals surface area contributed by atoms with Crippen LogP contribution >= 0.6 is 0 Å². The van der Waals surface area contributed by atoms with Crippen LogP contribution in [-0.2, 0) is 31.0 Å². The van der Waals surface area contributed by atoms with Crippen LogP contribution < -0.4 is 5.43 Å². The average molecular weight is 581 g/mol. The van der Waals surface area contributed by atoms with Gasteiger partial charge in [0.15, 0.2) is 0 Å². The molecular formula is C25H23F3N4O5S2. The molecule has 0 bridgehead atoms. The molecule has 39 heavy (non-hydrogen) atoms. The van der Waals surface area contributed by atoms with Crippen molar-refractivity contribution in [2.24, 2.45) is 5.10 Å². The second-order valence-electron chi connectivity index (χ2n) is 8.44. The van der Waals surface area contributed by atoms with Crippen LogP contribution in [0, 0.1) is 0 Å². The van der Waals surface area contributed by atoms with E-state index in [-0.39, 0.29) is 28.4 Å². The van der Waals surface area contributed by atoms with Crippen LogP contribution in [0.15, 0.2) is 99.8 Å². The number of nitrogens with zero attached hydrogens (tertiary/aromatic N) is 3. The Labute approximate surface area is 223 Å². The molecule has 1 heterocycles. The lowest BCUT2D eigenvalue weighted by Gasteiger charge is -2.38. The molecule has 3 aromatic carbocycles. The monoisotopic (exact) mass is 580 g/mol. The zero-order valence-corrected chi connectivity index (χ0v) is 21.8. The van der Waals surface area contributed by atoms with E-state index < -0.39 is 50.3 Å². The molecule has 0 saturated carbocycles. The molecule has 206 valence electrons. The number of carbonyl (C=O) groups is 1. The molecule has 0 spiro atoms. The van der Waals surface area contributed by atoms with E-state index in [2.05, 4.69) is 10.5 Å². The molecule has 1 N–H and O–H groups in total. The van der Waals surface area contributed by atoms with Crippen LogP contribution in [0.4, 0.5) is 13.2 Å². The summed E-state index contributed by atoms with van der Waals surface area (Å²) >= 11 is 0. The fraction of sp³-hybridized carbons (Fsp3) is 0.200. The summed E-state index contributed by atoms with van der Waals surface area (Å²) in [4.78, 5) is 13.0. The van der Waals surface area contributed by atoms with Gasteiger partial charge in [-0.2, -0.15) is 26.9 Å². The number of rotatable bonds is 7. The first kappa shape index (κ1) is 28.4. The number of hydrogen-bond acceptors (Lipinski definition) is 6. The number of hydrazone groups is 1. The first-order chi connectivity index (χ1) is 18.4. The summed E-state index contributed by atoms with van der Waals surface area (Å²) in [7, 11) is -8.32. The molecule has 1 amide bonds. The molecule has 1 fully saturated rings. The summed E-state index contributed by atoms with van der Waals surface area (Å²) in [6.07, 6.45) is -3.87. The molecule has 9 nitrogen and oxygen atoms in total. The van der Waals surface area contributed by atoms with Gasteiger partial charge < -0.3 is 0 Å². The van der Waals surface area contributed by atoms with Crippen LogP contribution in [0.2, 0.25) is 0 Å². The van der Waals surface area contributed by atoms with Crippen molar-refractivity contribution >= 4 is 32.2 Å². The highest BCUT2D eigenvalue weighted by atomic mass is 32.2. The van der Waals surface area contributed by atoms with E-state index >= 15 is 0 Å². The lowest BCUT2D eigenvalue weighted by molar-refractivity contribution is -0.137. The van der Waals surface area contributed by atoms with Gasteiger partial charge >= 0.3 is 6.18 Å². The number of carbonyl (C=O) groups excluding carboxylic acids is 1. The summed E-state index contributed by atoms with van der Waals surface area (Å²) in [5, 5.41) is 3.61. The summed E-state index contributed by atoms with van der Waals surface area (Å²) in [5.41, 5.74) is 0.780. The minimum Gasteiger partial charge on any atom is -0.271 e. The Kier molecular flexibility index (Phi) is 8.20. The molecule has 14 heteroatoms. The Morgan fingerprint density at radius 3 is 1.95 bits per heavy atom. The second-order valence-corrected chi connectivity index (χ2v) is 12.3. The lowest BCUT2D eigenvalue weighted by Crippen LogP contribution is -2.60. The number of sulfonamides is 2. The van der Waals surface area contributed by atoms with E-state index in [1.807, 2.05) is 0 Å². The van der Waals surface area contributed by atoms with E-state index in [0.717, 1.165) is 27.0 Å². The van der Waals surface area contributed by atoms with Gasteiger partial charge in [0, 0.05) is 25.2 Å².